The van der Waals surface area contributed by atoms with E-state index in [1.54, 1.807) is 6.33 Å². The number of benzene rings is 2. The molecule has 0 aliphatic rings. The van der Waals surface area contributed by atoms with Crippen molar-refractivity contribution in [3.8, 4) is 0 Å². The summed E-state index contributed by atoms with van der Waals surface area (Å²) in [5.74, 6) is 0. The first-order chi connectivity index (χ1) is 12.2. The smallest absolute Gasteiger partial charge is 0.0931 e. The topological polar surface area (TPSA) is 80.7 Å². The number of hydrogen-bond acceptors (Lipinski definition) is 3. The highest BCUT2D eigenvalue weighted by molar-refractivity contribution is 7.81. The Morgan fingerprint density at radius 2 is 1.56 bits per heavy atom. The zero-order chi connectivity index (χ0) is 19.7. The lowest BCUT2D eigenvalue weighted by atomic mass is 8.76. The molecule has 127 valence electrons. The molecule has 0 saturated carbocycles. The number of rotatable bonds is 2. The number of hydrogen-bond donors (Lipinski definition) is 3. The van der Waals surface area contributed by atoms with Gasteiger partial charge >= 0.3 is 0 Å². The second kappa shape index (κ2) is 12.4. The zero-order valence-corrected chi connectivity index (χ0v) is 15.2. The minimum atomic E-state index is -0.537. The van der Waals surface area contributed by atoms with Gasteiger partial charge in [-0.1, -0.05) is 19.6 Å². The molecule has 4 nitrogen and oxygen atoms in total. The lowest BCUT2D eigenvalue weighted by Crippen LogP contribution is -2.43. The Bertz CT molecular complexity index is 810. The zero-order valence-electron chi connectivity index (χ0n) is 15.2. The van der Waals surface area contributed by atoms with Gasteiger partial charge in [0.25, 0.3) is 0 Å². The fraction of sp³-hybridized carbons (Fsp3) is 0.188. The number of fused-ring (bicyclic) bond motifs is 1. The number of nitrogens with zero attached hydrogens (tertiary/aromatic N) is 1. The molecule has 0 aliphatic heterocycles. The van der Waals surface area contributed by atoms with Gasteiger partial charge in [0.05, 0.1) is 28.7 Å². The van der Waals surface area contributed by atoms with E-state index in [0.717, 1.165) is 16.6 Å². The molecule has 1 aromatic heterocycles. The van der Waals surface area contributed by atoms with Crippen LogP contribution < -0.4 is 11.5 Å². The molecule has 27 heavy (non-hydrogen) atoms. The predicted octanol–water partition coefficient (Wildman–Crippen LogP) is 1.00. The number of aromatic amines is 1. The Labute approximate surface area is 170 Å². The van der Waals surface area contributed by atoms with E-state index in [9.17, 15) is 0 Å². The molecular weight excluding hydrogens is 324 g/mol. The molecule has 0 spiro atoms. The highest BCUT2D eigenvalue weighted by atomic mass is 14.9. The van der Waals surface area contributed by atoms with Crippen LogP contribution in [0.4, 0.5) is 11.4 Å². The molecule has 0 unspecified atom stereocenters. The van der Waals surface area contributed by atoms with Crippen LogP contribution in [0.1, 0.15) is 18.6 Å². The summed E-state index contributed by atoms with van der Waals surface area (Å²) < 4.78 is 0. The largest absolute Gasteiger partial charge is 0.397 e. The monoisotopic (exact) mass is 347 g/mol. The van der Waals surface area contributed by atoms with Crippen LogP contribution in [0.15, 0.2) is 42.7 Å². The van der Waals surface area contributed by atoms with E-state index >= 15 is 0 Å². The standard InChI is InChI=1S/C8H8N2.C7H10N2.CH4.B7/c1-6-2-3-7-8(4-6)10-5-9-7;1-5-2-3-6(8)7(9)4-5;;1-5-7(4)6(2)3/h2-5H,1H3,(H,9,10);2-4H,8-9H2,1H3;1H4;. The maximum atomic E-state index is 5.50. The molecule has 0 bridgehead atoms. The number of nitrogens with two attached hydrogens (primary N) is 2. The van der Waals surface area contributed by atoms with E-state index in [1.165, 1.54) is 12.6 Å². The summed E-state index contributed by atoms with van der Waals surface area (Å²) in [4.78, 5) is 7.15. The van der Waals surface area contributed by atoms with Gasteiger partial charge in [-0.2, -0.15) is 0 Å². The summed E-state index contributed by atoms with van der Waals surface area (Å²) in [6.45, 7) is 4.05. The highest BCUT2D eigenvalue weighted by Gasteiger charge is 2.06. The molecule has 2 aromatic carbocycles. The van der Waals surface area contributed by atoms with Crippen LogP contribution in [0, 0.1) is 13.8 Å². The quantitative estimate of drug-likeness (QED) is 0.479. The maximum absolute atomic E-state index is 5.50. The van der Waals surface area contributed by atoms with Gasteiger partial charge in [-0.3, -0.25) is 0 Å². The Morgan fingerprint density at radius 3 is 2.04 bits per heavy atom. The van der Waals surface area contributed by atoms with Gasteiger partial charge in [-0.15, -0.1) is 0 Å². The summed E-state index contributed by atoms with van der Waals surface area (Å²) in [5, 5.41) is 0. The summed E-state index contributed by atoms with van der Waals surface area (Å²) in [6.07, 6.45) is 0.786. The minimum absolute atomic E-state index is 0. The molecule has 3 rings (SSSR count). The molecule has 0 fully saturated rings. The molecule has 9 radical (unpaired) electrons. The molecule has 0 aliphatic carbocycles. The van der Waals surface area contributed by atoms with Gasteiger partial charge in [0.1, 0.15) is 0 Å². The van der Waals surface area contributed by atoms with Crippen molar-refractivity contribution >= 4 is 73.2 Å². The molecule has 5 N–H and O–H groups in total. The van der Waals surface area contributed by atoms with E-state index in [-0.39, 0.29) is 13.8 Å². The van der Waals surface area contributed by atoms with Crippen molar-refractivity contribution in [2.24, 2.45) is 0 Å². The van der Waals surface area contributed by atoms with Crippen molar-refractivity contribution in [3.05, 3.63) is 53.9 Å². The fourth-order valence-electron chi connectivity index (χ4n) is 1.87. The lowest BCUT2D eigenvalue weighted by Gasteiger charge is -2.05. The van der Waals surface area contributed by atoms with Crippen LogP contribution in [-0.2, 0) is 0 Å². The fourth-order valence-corrected chi connectivity index (χ4v) is 1.87. The first-order valence-corrected chi connectivity index (χ1v) is 8.07. The van der Waals surface area contributed by atoms with Gasteiger partial charge in [0, 0.05) is 50.8 Å². The van der Waals surface area contributed by atoms with Crippen molar-refractivity contribution in [1.29, 1.82) is 0 Å². The van der Waals surface area contributed by atoms with Gasteiger partial charge in [0.2, 0.25) is 0 Å². The summed E-state index contributed by atoms with van der Waals surface area (Å²) in [7, 11) is 21.6. The molecule has 1 heterocycles. The average molecular weight is 346 g/mol. The first kappa shape index (κ1) is 25.0. The van der Waals surface area contributed by atoms with E-state index in [4.69, 9.17) is 42.4 Å². The number of aryl methyl sites for hydroxylation is 2. The normalized spacial score (nSPS) is 8.96. The third-order valence-corrected chi connectivity index (χ3v) is 3.48. The van der Waals surface area contributed by atoms with Gasteiger partial charge in [-0.05, 0) is 49.2 Å². The Kier molecular flexibility index (Phi) is 11.4. The number of nitrogens with one attached hydrogen (secondary N) is 1. The van der Waals surface area contributed by atoms with Crippen molar-refractivity contribution in [3.63, 3.8) is 0 Å². The van der Waals surface area contributed by atoms with E-state index in [1.807, 2.05) is 31.2 Å². The Hall–Kier alpha value is -2.04. The predicted molar refractivity (Wildman–Crippen MR) is 128 cm³/mol. The number of imidazole rings is 1. The summed E-state index contributed by atoms with van der Waals surface area (Å²) in [5.41, 5.74) is 16.8. The Morgan fingerprint density at radius 1 is 0.963 bits per heavy atom. The van der Waals surface area contributed by atoms with Crippen LogP contribution in [0.25, 0.3) is 11.0 Å². The third-order valence-electron chi connectivity index (χ3n) is 3.48. The first-order valence-electron chi connectivity index (χ1n) is 8.07. The van der Waals surface area contributed by atoms with Crippen LogP contribution in [0.2, 0.25) is 0 Å². The van der Waals surface area contributed by atoms with E-state index < -0.39 is 6.39 Å². The number of aromatic nitrogens is 2. The molecule has 0 atom stereocenters. The molecular formula is C16H22B7N4. The van der Waals surface area contributed by atoms with Crippen LogP contribution in [0.3, 0.4) is 0 Å². The second-order valence-corrected chi connectivity index (χ2v) is 5.90. The maximum Gasteiger partial charge on any atom is 0.0931 e. The SMILES string of the molecule is C.Cc1ccc(N)c(N)c1.Cc1ccc2nc[nH]c2c1.[B][B]B([B])B([B])[B]. The van der Waals surface area contributed by atoms with E-state index in [2.05, 4.69) is 29.0 Å². The van der Waals surface area contributed by atoms with Crippen molar-refractivity contribution in [1.82, 2.24) is 9.97 Å². The molecule has 0 saturated heterocycles. The lowest BCUT2D eigenvalue weighted by molar-refractivity contribution is 1.34. The van der Waals surface area contributed by atoms with Gasteiger partial charge in [-0.25, -0.2) is 4.98 Å². The molecule has 0 amide bonds. The minimum Gasteiger partial charge on any atom is -0.397 e. The van der Waals surface area contributed by atoms with E-state index in [0.29, 0.717) is 11.4 Å². The van der Waals surface area contributed by atoms with Crippen molar-refractivity contribution in [2.45, 2.75) is 21.3 Å². The second-order valence-electron chi connectivity index (χ2n) is 5.90. The summed E-state index contributed by atoms with van der Waals surface area (Å²) in [6, 6.07) is 11.8. The number of nitrogen functional groups attached to an aromatic ring is 2. The number of H-pyrrole nitrogens is 1. The molecule has 3 aromatic rings. The van der Waals surface area contributed by atoms with Crippen LogP contribution >= 0.6 is 0 Å². The van der Waals surface area contributed by atoms with Crippen LogP contribution in [-0.4, -0.2) is 60.7 Å². The highest BCUT2D eigenvalue weighted by Crippen LogP contribution is 2.14. The third kappa shape index (κ3) is 8.94. The van der Waals surface area contributed by atoms with Gasteiger partial charge in [0.15, 0.2) is 0 Å². The number of anilines is 2. The molecule has 11 heteroatoms. The van der Waals surface area contributed by atoms with Crippen LogP contribution in [0.5, 0.6) is 0 Å². The summed E-state index contributed by atoms with van der Waals surface area (Å²) >= 11 is 0. The average Bonchev–Trinajstić information content (AvgIpc) is 3.06. The Balaban J connectivity index is 0.000000376. The van der Waals surface area contributed by atoms with Crippen molar-refractivity contribution in [2.75, 3.05) is 11.5 Å². The van der Waals surface area contributed by atoms with Crippen molar-refractivity contribution < 1.29 is 0 Å². The van der Waals surface area contributed by atoms with Gasteiger partial charge < -0.3 is 16.5 Å².